The molecule has 1 aliphatic rings. The third-order valence-corrected chi connectivity index (χ3v) is 1.82. The van der Waals surface area contributed by atoms with Gasteiger partial charge in [0.15, 0.2) is 0 Å². The van der Waals surface area contributed by atoms with Crippen molar-refractivity contribution in [1.29, 1.82) is 0 Å². The molecule has 0 aromatic heterocycles. The van der Waals surface area contributed by atoms with Gasteiger partial charge in [-0.1, -0.05) is 0 Å². The van der Waals surface area contributed by atoms with E-state index in [9.17, 15) is 0 Å². The minimum Gasteiger partial charge on any atom is -0.374 e. The lowest BCUT2D eigenvalue weighted by Gasteiger charge is -2.26. The van der Waals surface area contributed by atoms with E-state index in [4.69, 9.17) is 10.5 Å². The predicted molar refractivity (Wildman–Crippen MR) is 37.2 cm³/mol. The maximum absolute atomic E-state index is 5.51. The molecule has 0 aromatic rings. The summed E-state index contributed by atoms with van der Waals surface area (Å²) in [6, 6.07) is 0. The fourth-order valence-corrected chi connectivity index (χ4v) is 1.27. The van der Waals surface area contributed by atoms with Crippen LogP contribution < -0.4 is 5.73 Å². The second kappa shape index (κ2) is 3.18. The first-order chi connectivity index (χ1) is 4.33. The lowest BCUT2D eigenvalue weighted by molar-refractivity contribution is -0.0341. The SMILES string of the molecule is C[C@@H]1CCC[C@H](CN)O1. The summed E-state index contributed by atoms with van der Waals surface area (Å²) >= 11 is 0. The van der Waals surface area contributed by atoms with Crippen molar-refractivity contribution in [1.82, 2.24) is 0 Å². The van der Waals surface area contributed by atoms with E-state index in [1.807, 2.05) is 0 Å². The van der Waals surface area contributed by atoms with Crippen molar-refractivity contribution in [2.75, 3.05) is 6.54 Å². The number of rotatable bonds is 1. The molecule has 1 rings (SSSR count). The summed E-state index contributed by atoms with van der Waals surface area (Å²) in [5.74, 6) is 0. The van der Waals surface area contributed by atoms with Crippen LogP contribution in [0.3, 0.4) is 0 Å². The fourth-order valence-electron chi connectivity index (χ4n) is 1.27. The molecule has 2 N–H and O–H groups in total. The Labute approximate surface area is 56.4 Å². The summed E-state index contributed by atoms with van der Waals surface area (Å²) in [7, 11) is 0. The van der Waals surface area contributed by atoms with Gasteiger partial charge < -0.3 is 10.5 Å². The van der Waals surface area contributed by atoms with Gasteiger partial charge in [0.25, 0.3) is 0 Å². The molecule has 9 heavy (non-hydrogen) atoms. The van der Waals surface area contributed by atoms with Gasteiger partial charge in [0.05, 0.1) is 12.2 Å². The first kappa shape index (κ1) is 7.03. The van der Waals surface area contributed by atoms with Crippen LogP contribution in [0.5, 0.6) is 0 Å². The Morgan fingerprint density at radius 3 is 2.78 bits per heavy atom. The van der Waals surface area contributed by atoms with Gasteiger partial charge in [-0.3, -0.25) is 0 Å². The minimum absolute atomic E-state index is 0.341. The molecular weight excluding hydrogens is 114 g/mol. The van der Waals surface area contributed by atoms with E-state index >= 15 is 0 Å². The second-order valence-corrected chi connectivity index (χ2v) is 2.74. The highest BCUT2D eigenvalue weighted by Crippen LogP contribution is 2.17. The molecule has 2 heteroatoms. The maximum atomic E-state index is 5.51. The summed E-state index contributed by atoms with van der Waals surface area (Å²) in [5, 5.41) is 0. The Morgan fingerprint density at radius 2 is 2.33 bits per heavy atom. The van der Waals surface area contributed by atoms with Gasteiger partial charge >= 0.3 is 0 Å². The van der Waals surface area contributed by atoms with Gasteiger partial charge in [0.1, 0.15) is 0 Å². The number of ether oxygens (including phenoxy) is 1. The monoisotopic (exact) mass is 129 g/mol. The molecule has 2 nitrogen and oxygen atoms in total. The summed E-state index contributed by atoms with van der Waals surface area (Å²) in [6.07, 6.45) is 4.42. The molecule has 1 heterocycles. The van der Waals surface area contributed by atoms with Crippen molar-refractivity contribution in [3.8, 4) is 0 Å². The Kier molecular flexibility index (Phi) is 2.49. The molecule has 0 radical (unpaired) electrons. The number of hydrogen-bond donors (Lipinski definition) is 1. The second-order valence-electron chi connectivity index (χ2n) is 2.74. The summed E-state index contributed by atoms with van der Waals surface area (Å²) < 4.78 is 5.51. The lowest BCUT2D eigenvalue weighted by Crippen LogP contribution is -2.31. The van der Waals surface area contributed by atoms with E-state index in [2.05, 4.69) is 6.92 Å². The zero-order valence-corrected chi connectivity index (χ0v) is 5.97. The van der Waals surface area contributed by atoms with E-state index < -0.39 is 0 Å². The van der Waals surface area contributed by atoms with Crippen molar-refractivity contribution < 1.29 is 4.74 Å². The third kappa shape index (κ3) is 1.95. The predicted octanol–water partition coefficient (Wildman–Crippen LogP) is 0.903. The Hall–Kier alpha value is -0.0800. The quantitative estimate of drug-likeness (QED) is 0.571. The molecule has 0 aliphatic carbocycles. The molecule has 0 unspecified atom stereocenters. The van der Waals surface area contributed by atoms with Crippen molar-refractivity contribution in [3.63, 3.8) is 0 Å². The van der Waals surface area contributed by atoms with Crippen LogP contribution >= 0.6 is 0 Å². The maximum Gasteiger partial charge on any atom is 0.0700 e. The minimum atomic E-state index is 0.341. The topological polar surface area (TPSA) is 35.2 Å². The molecule has 0 bridgehead atoms. The van der Waals surface area contributed by atoms with Gasteiger partial charge in [-0.05, 0) is 26.2 Å². The Bertz CT molecular complexity index is 85.0. The van der Waals surface area contributed by atoms with Crippen LogP contribution in [0.4, 0.5) is 0 Å². The zero-order valence-electron chi connectivity index (χ0n) is 5.97. The largest absolute Gasteiger partial charge is 0.374 e. The summed E-state index contributed by atoms with van der Waals surface area (Å²) in [6.45, 7) is 2.80. The van der Waals surface area contributed by atoms with Crippen LogP contribution in [0.15, 0.2) is 0 Å². The fraction of sp³-hybridized carbons (Fsp3) is 1.00. The summed E-state index contributed by atoms with van der Waals surface area (Å²) in [5.41, 5.74) is 5.44. The van der Waals surface area contributed by atoms with Crippen LogP contribution in [0.25, 0.3) is 0 Å². The number of nitrogens with two attached hydrogens (primary N) is 1. The van der Waals surface area contributed by atoms with Crippen molar-refractivity contribution >= 4 is 0 Å². The van der Waals surface area contributed by atoms with Crippen molar-refractivity contribution in [3.05, 3.63) is 0 Å². The molecular formula is C7H15NO. The highest BCUT2D eigenvalue weighted by atomic mass is 16.5. The van der Waals surface area contributed by atoms with E-state index in [-0.39, 0.29) is 0 Å². The van der Waals surface area contributed by atoms with Crippen LogP contribution in [-0.4, -0.2) is 18.8 Å². The van der Waals surface area contributed by atoms with Crippen LogP contribution in [-0.2, 0) is 4.74 Å². The third-order valence-electron chi connectivity index (χ3n) is 1.82. The molecule has 1 aliphatic heterocycles. The van der Waals surface area contributed by atoms with E-state index in [1.165, 1.54) is 12.8 Å². The Morgan fingerprint density at radius 1 is 1.56 bits per heavy atom. The molecule has 0 spiro atoms. The zero-order chi connectivity index (χ0) is 6.69. The summed E-state index contributed by atoms with van der Waals surface area (Å²) in [4.78, 5) is 0. The van der Waals surface area contributed by atoms with Gasteiger partial charge in [0, 0.05) is 6.54 Å². The first-order valence-corrected chi connectivity index (χ1v) is 3.68. The normalized spacial score (nSPS) is 36.7. The van der Waals surface area contributed by atoms with Crippen molar-refractivity contribution in [2.45, 2.75) is 38.4 Å². The van der Waals surface area contributed by atoms with Crippen molar-refractivity contribution in [2.24, 2.45) is 5.73 Å². The highest BCUT2D eigenvalue weighted by molar-refractivity contribution is 4.67. The van der Waals surface area contributed by atoms with Gasteiger partial charge in [0.2, 0.25) is 0 Å². The average Bonchev–Trinajstić information content (AvgIpc) is 1.88. The molecule has 2 atom stereocenters. The van der Waals surface area contributed by atoms with Crippen LogP contribution in [0, 0.1) is 0 Å². The smallest absolute Gasteiger partial charge is 0.0700 e. The van der Waals surface area contributed by atoms with Gasteiger partial charge in [-0.2, -0.15) is 0 Å². The van der Waals surface area contributed by atoms with Crippen LogP contribution in [0.1, 0.15) is 26.2 Å². The lowest BCUT2D eigenvalue weighted by atomic mass is 10.1. The Balaban J connectivity index is 2.23. The van der Waals surface area contributed by atoms with E-state index in [0.717, 1.165) is 6.42 Å². The van der Waals surface area contributed by atoms with Gasteiger partial charge in [-0.15, -0.1) is 0 Å². The molecule has 0 aromatic carbocycles. The molecule has 0 saturated carbocycles. The molecule has 1 fully saturated rings. The van der Waals surface area contributed by atoms with Crippen LogP contribution in [0.2, 0.25) is 0 Å². The molecule has 54 valence electrons. The van der Waals surface area contributed by atoms with E-state index in [1.54, 1.807) is 0 Å². The standard InChI is InChI=1S/C7H15NO/c1-6-3-2-4-7(5-8)9-6/h6-7H,2-5,8H2,1H3/t6-,7-/m1/s1. The van der Waals surface area contributed by atoms with Gasteiger partial charge in [-0.25, -0.2) is 0 Å². The molecule has 0 amide bonds. The number of hydrogen-bond acceptors (Lipinski definition) is 2. The average molecular weight is 129 g/mol. The van der Waals surface area contributed by atoms with E-state index in [0.29, 0.717) is 18.8 Å². The molecule has 1 saturated heterocycles. The first-order valence-electron chi connectivity index (χ1n) is 3.68. The highest BCUT2D eigenvalue weighted by Gasteiger charge is 2.16.